The van der Waals surface area contributed by atoms with E-state index in [1.807, 2.05) is 13.8 Å². The van der Waals surface area contributed by atoms with Gasteiger partial charge >= 0.3 is 0 Å². The molecule has 156 valence electrons. The molecule has 0 amide bonds. The lowest BCUT2D eigenvalue weighted by atomic mass is 9.76. The topological polar surface area (TPSA) is 15.3 Å². The molecule has 1 aliphatic carbocycles. The summed E-state index contributed by atoms with van der Waals surface area (Å²) in [5.74, 6) is 3.78. The number of allylic oxidation sites excluding steroid dienone is 1. The fourth-order valence-corrected chi connectivity index (χ4v) is 3.83. The van der Waals surface area contributed by atoms with Gasteiger partial charge in [0.25, 0.3) is 0 Å². The number of nitrogens with one attached hydrogen (secondary N) is 1. The molecular formula is C24H50N2. The number of rotatable bonds is 3. The molecule has 0 aromatic rings. The summed E-state index contributed by atoms with van der Waals surface area (Å²) in [7, 11) is 0. The molecule has 0 unspecified atom stereocenters. The van der Waals surface area contributed by atoms with Gasteiger partial charge in [0.2, 0.25) is 0 Å². The van der Waals surface area contributed by atoms with E-state index in [1.54, 1.807) is 0 Å². The minimum absolute atomic E-state index is 0.856. The average molecular weight is 367 g/mol. The summed E-state index contributed by atoms with van der Waals surface area (Å²) >= 11 is 0. The maximum absolute atomic E-state index is 3.72. The van der Waals surface area contributed by atoms with Gasteiger partial charge in [-0.05, 0) is 88.4 Å². The highest BCUT2D eigenvalue weighted by Crippen LogP contribution is 2.33. The predicted molar refractivity (Wildman–Crippen MR) is 120 cm³/mol. The van der Waals surface area contributed by atoms with Crippen molar-refractivity contribution in [2.75, 3.05) is 32.7 Å². The van der Waals surface area contributed by atoms with Crippen LogP contribution >= 0.6 is 0 Å². The normalized spacial score (nSPS) is 26.7. The van der Waals surface area contributed by atoms with Gasteiger partial charge in [-0.15, -0.1) is 6.58 Å². The van der Waals surface area contributed by atoms with Gasteiger partial charge in [0.15, 0.2) is 0 Å². The molecule has 2 heterocycles. The Morgan fingerprint density at radius 2 is 1.42 bits per heavy atom. The van der Waals surface area contributed by atoms with E-state index in [-0.39, 0.29) is 0 Å². The van der Waals surface area contributed by atoms with E-state index in [9.17, 15) is 0 Å². The van der Waals surface area contributed by atoms with Crippen LogP contribution in [-0.4, -0.2) is 37.6 Å². The van der Waals surface area contributed by atoms with Crippen molar-refractivity contribution in [3.63, 3.8) is 0 Å². The molecule has 2 aliphatic heterocycles. The molecule has 1 N–H and O–H groups in total. The lowest BCUT2D eigenvalue weighted by Gasteiger charge is -2.34. The van der Waals surface area contributed by atoms with Crippen LogP contribution < -0.4 is 5.32 Å². The summed E-state index contributed by atoms with van der Waals surface area (Å²) in [6, 6.07) is 0. The van der Waals surface area contributed by atoms with Crippen LogP contribution in [0.2, 0.25) is 0 Å². The number of piperidine rings is 2. The van der Waals surface area contributed by atoms with Gasteiger partial charge in [0, 0.05) is 6.54 Å². The van der Waals surface area contributed by atoms with Gasteiger partial charge in [-0.25, -0.2) is 0 Å². The van der Waals surface area contributed by atoms with Gasteiger partial charge in [0.05, 0.1) is 0 Å². The van der Waals surface area contributed by atoms with Crippen molar-refractivity contribution in [1.29, 1.82) is 0 Å². The Balaban J connectivity index is 0.000000437. The molecule has 0 atom stereocenters. The molecular weight excluding hydrogens is 316 g/mol. The van der Waals surface area contributed by atoms with E-state index < -0.39 is 0 Å². The first-order valence-corrected chi connectivity index (χ1v) is 11.6. The smallest absolute Gasteiger partial charge is 0.00106 e. The highest BCUT2D eigenvalue weighted by Gasteiger charge is 2.21. The standard InChI is InChI=1S/C12H24N2.C7H12.C3H8.C2H6/c1-11-4-8-14(9-5-11)10-12-2-6-13-7-3-12;1-3-7-4-6(2)5-7;1-3-2;1-2/h11-13H,2-10H2,1H3;3,6-7H,1,4-5H2,2H3;3H2,1-2H3;1-2H3. The average Bonchev–Trinajstić information content (AvgIpc) is 2.65. The molecule has 3 aliphatic rings. The molecule has 0 aromatic carbocycles. The zero-order valence-electron chi connectivity index (χ0n) is 19.0. The maximum Gasteiger partial charge on any atom is 0.00106 e. The Hall–Kier alpha value is -0.340. The molecule has 26 heavy (non-hydrogen) atoms. The van der Waals surface area contributed by atoms with E-state index in [0.29, 0.717) is 0 Å². The van der Waals surface area contributed by atoms with Crippen LogP contribution in [0, 0.1) is 23.7 Å². The summed E-state index contributed by atoms with van der Waals surface area (Å²) in [4.78, 5) is 2.69. The van der Waals surface area contributed by atoms with Crippen molar-refractivity contribution in [2.24, 2.45) is 23.7 Å². The Morgan fingerprint density at radius 3 is 1.81 bits per heavy atom. The molecule has 0 bridgehead atoms. The van der Waals surface area contributed by atoms with Crippen molar-refractivity contribution < 1.29 is 0 Å². The van der Waals surface area contributed by atoms with Crippen LogP contribution in [0.1, 0.15) is 86.5 Å². The van der Waals surface area contributed by atoms with Crippen molar-refractivity contribution >= 4 is 0 Å². The monoisotopic (exact) mass is 366 g/mol. The third kappa shape index (κ3) is 12.1. The summed E-state index contributed by atoms with van der Waals surface area (Å²) in [6.45, 7) is 23.2. The molecule has 0 aromatic heterocycles. The van der Waals surface area contributed by atoms with Crippen LogP contribution in [0.3, 0.4) is 0 Å². The van der Waals surface area contributed by atoms with Crippen LogP contribution in [0.15, 0.2) is 12.7 Å². The first-order chi connectivity index (χ1) is 12.6. The second-order valence-corrected chi connectivity index (χ2v) is 8.46. The second-order valence-electron chi connectivity index (χ2n) is 8.46. The van der Waals surface area contributed by atoms with Crippen LogP contribution in [-0.2, 0) is 0 Å². The SMILES string of the molecule is C=CC1CC(C)C1.CC.CC1CCN(CC2CCNCC2)CC1.CCC. The van der Waals surface area contributed by atoms with E-state index in [1.165, 1.54) is 77.7 Å². The van der Waals surface area contributed by atoms with Crippen LogP contribution in [0.5, 0.6) is 0 Å². The van der Waals surface area contributed by atoms with E-state index in [2.05, 4.69) is 50.6 Å². The Morgan fingerprint density at radius 1 is 0.923 bits per heavy atom. The van der Waals surface area contributed by atoms with Crippen LogP contribution in [0.4, 0.5) is 0 Å². The first-order valence-electron chi connectivity index (χ1n) is 11.6. The summed E-state index contributed by atoms with van der Waals surface area (Å²) < 4.78 is 0. The molecule has 3 fully saturated rings. The molecule has 0 radical (unpaired) electrons. The Labute approximate surface area is 166 Å². The number of hydrogen-bond acceptors (Lipinski definition) is 2. The molecule has 2 saturated heterocycles. The third-order valence-electron chi connectivity index (χ3n) is 5.59. The first kappa shape index (κ1) is 25.7. The van der Waals surface area contributed by atoms with E-state index in [0.717, 1.165) is 23.7 Å². The molecule has 2 heteroatoms. The van der Waals surface area contributed by atoms with Gasteiger partial charge in [-0.1, -0.05) is 54.0 Å². The summed E-state index contributed by atoms with van der Waals surface area (Å²) in [5, 5.41) is 3.44. The minimum atomic E-state index is 0.856. The van der Waals surface area contributed by atoms with Crippen molar-refractivity contribution in [3.8, 4) is 0 Å². The van der Waals surface area contributed by atoms with Gasteiger partial charge < -0.3 is 10.2 Å². The zero-order valence-corrected chi connectivity index (χ0v) is 19.0. The fraction of sp³-hybridized carbons (Fsp3) is 0.917. The second kappa shape index (κ2) is 16.8. The van der Waals surface area contributed by atoms with E-state index in [4.69, 9.17) is 0 Å². The van der Waals surface area contributed by atoms with Crippen LogP contribution in [0.25, 0.3) is 0 Å². The van der Waals surface area contributed by atoms with Gasteiger partial charge in [-0.3, -0.25) is 0 Å². The van der Waals surface area contributed by atoms with Crippen molar-refractivity contribution in [3.05, 3.63) is 12.7 Å². The van der Waals surface area contributed by atoms with E-state index >= 15 is 0 Å². The largest absolute Gasteiger partial charge is 0.317 e. The summed E-state index contributed by atoms with van der Waals surface area (Å²) in [5.41, 5.74) is 0. The highest BCUT2D eigenvalue weighted by atomic mass is 15.1. The lowest BCUT2D eigenvalue weighted by molar-refractivity contribution is 0.154. The predicted octanol–water partition coefficient (Wildman–Crippen LogP) is 6.38. The van der Waals surface area contributed by atoms with Crippen molar-refractivity contribution in [2.45, 2.75) is 86.5 Å². The number of nitrogens with zero attached hydrogens (tertiary/aromatic N) is 1. The number of hydrogen-bond donors (Lipinski definition) is 1. The Kier molecular flexibility index (Phi) is 16.6. The van der Waals surface area contributed by atoms with Gasteiger partial charge in [0.1, 0.15) is 0 Å². The molecule has 0 spiro atoms. The summed E-state index contributed by atoms with van der Waals surface area (Å²) in [6.07, 6.45) is 11.7. The number of likely N-dealkylation sites (tertiary alicyclic amines) is 1. The molecule has 1 saturated carbocycles. The maximum atomic E-state index is 3.72. The molecule has 2 nitrogen and oxygen atoms in total. The van der Waals surface area contributed by atoms with Gasteiger partial charge in [-0.2, -0.15) is 0 Å². The lowest BCUT2D eigenvalue weighted by Crippen LogP contribution is -2.39. The van der Waals surface area contributed by atoms with Crippen molar-refractivity contribution in [1.82, 2.24) is 10.2 Å². The third-order valence-corrected chi connectivity index (χ3v) is 5.59. The Bertz CT molecular complexity index is 295. The molecule has 3 rings (SSSR count). The zero-order chi connectivity index (χ0) is 19.8. The highest BCUT2D eigenvalue weighted by molar-refractivity contribution is 4.88. The minimum Gasteiger partial charge on any atom is -0.317 e. The quantitative estimate of drug-likeness (QED) is 0.583. The fourth-order valence-electron chi connectivity index (χ4n) is 3.83.